The molecule has 1 aromatic heterocycles. The van der Waals surface area contributed by atoms with Crippen molar-refractivity contribution in [1.29, 1.82) is 0 Å². The van der Waals surface area contributed by atoms with Gasteiger partial charge in [-0.05, 0) is 37.9 Å². The van der Waals surface area contributed by atoms with E-state index in [0.717, 1.165) is 0 Å². The molecular formula is C6HBr2ClF3NO. The molecule has 2 nitrogen and oxygen atoms in total. The van der Waals surface area contributed by atoms with Gasteiger partial charge in [0, 0.05) is 0 Å². The van der Waals surface area contributed by atoms with Gasteiger partial charge in [-0.2, -0.15) is 0 Å². The maximum Gasteiger partial charge on any atom is 0.574 e. The van der Waals surface area contributed by atoms with Crippen molar-refractivity contribution in [2.24, 2.45) is 0 Å². The Kier molecular flexibility index (Phi) is 3.65. The van der Waals surface area contributed by atoms with E-state index in [2.05, 4.69) is 41.6 Å². The van der Waals surface area contributed by atoms with E-state index >= 15 is 0 Å². The van der Waals surface area contributed by atoms with E-state index in [9.17, 15) is 13.2 Å². The molecule has 0 aromatic carbocycles. The topological polar surface area (TPSA) is 22.1 Å². The first-order valence-electron chi connectivity index (χ1n) is 3.07. The van der Waals surface area contributed by atoms with Crippen molar-refractivity contribution < 1.29 is 17.9 Å². The standard InChI is InChI=1S/C6HBr2ClF3NO/c7-2-1-3(9)4(8)13-5(2)14-6(10,11)12/h1H. The molecule has 0 amide bonds. The minimum atomic E-state index is -4.78. The van der Waals surface area contributed by atoms with Gasteiger partial charge in [-0.15, -0.1) is 13.2 Å². The highest BCUT2D eigenvalue weighted by atomic mass is 79.9. The lowest BCUT2D eigenvalue weighted by molar-refractivity contribution is -0.276. The third-order valence-corrected chi connectivity index (χ3v) is 2.76. The summed E-state index contributed by atoms with van der Waals surface area (Å²) in [6, 6.07) is 1.25. The zero-order valence-electron chi connectivity index (χ0n) is 6.20. The number of alkyl halides is 3. The first-order valence-corrected chi connectivity index (χ1v) is 5.03. The van der Waals surface area contributed by atoms with E-state index in [4.69, 9.17) is 11.6 Å². The van der Waals surface area contributed by atoms with Gasteiger partial charge in [-0.1, -0.05) is 11.6 Å². The number of aromatic nitrogens is 1. The molecule has 0 aliphatic heterocycles. The van der Waals surface area contributed by atoms with Gasteiger partial charge in [0.2, 0.25) is 5.88 Å². The van der Waals surface area contributed by atoms with Gasteiger partial charge in [-0.3, -0.25) is 0 Å². The molecule has 14 heavy (non-hydrogen) atoms. The normalized spacial score (nSPS) is 11.6. The highest BCUT2D eigenvalue weighted by molar-refractivity contribution is 9.11. The summed E-state index contributed by atoms with van der Waals surface area (Å²) in [5.74, 6) is -0.589. The minimum Gasteiger partial charge on any atom is -0.387 e. The first-order chi connectivity index (χ1) is 6.29. The Balaban J connectivity index is 3.04. The van der Waals surface area contributed by atoms with Crippen LogP contribution in [0.2, 0.25) is 5.02 Å². The van der Waals surface area contributed by atoms with Crippen LogP contribution in [0.5, 0.6) is 5.88 Å². The number of halogens is 6. The van der Waals surface area contributed by atoms with Crippen molar-refractivity contribution in [2.45, 2.75) is 6.36 Å². The highest BCUT2D eigenvalue weighted by Crippen LogP contribution is 2.33. The fourth-order valence-electron chi connectivity index (χ4n) is 0.610. The van der Waals surface area contributed by atoms with Crippen molar-refractivity contribution in [3.05, 3.63) is 20.2 Å². The largest absolute Gasteiger partial charge is 0.574 e. The predicted molar refractivity (Wildman–Crippen MR) is 51.3 cm³/mol. The Morgan fingerprint density at radius 2 is 1.93 bits per heavy atom. The number of ether oxygens (including phenoxy) is 1. The molecule has 0 fully saturated rings. The molecule has 1 heterocycles. The molecule has 0 N–H and O–H groups in total. The lowest BCUT2D eigenvalue weighted by Crippen LogP contribution is -2.18. The fraction of sp³-hybridized carbons (Fsp3) is 0.167. The summed E-state index contributed by atoms with van der Waals surface area (Å²) < 4.78 is 39.2. The maximum atomic E-state index is 11.8. The molecule has 78 valence electrons. The summed E-state index contributed by atoms with van der Waals surface area (Å²) in [6.45, 7) is 0. The van der Waals surface area contributed by atoms with E-state index in [1.54, 1.807) is 0 Å². The van der Waals surface area contributed by atoms with Crippen LogP contribution in [0.4, 0.5) is 13.2 Å². The van der Waals surface area contributed by atoms with E-state index in [1.807, 2.05) is 0 Å². The molecule has 0 spiro atoms. The van der Waals surface area contributed by atoms with Gasteiger partial charge in [0.1, 0.15) is 4.60 Å². The van der Waals surface area contributed by atoms with E-state index < -0.39 is 12.2 Å². The molecule has 0 bridgehead atoms. The second-order valence-electron chi connectivity index (χ2n) is 2.10. The smallest absolute Gasteiger partial charge is 0.387 e. The number of hydrogen-bond donors (Lipinski definition) is 0. The molecule has 0 unspecified atom stereocenters. The molecule has 1 aromatic rings. The van der Waals surface area contributed by atoms with Crippen LogP contribution in [0.3, 0.4) is 0 Å². The second-order valence-corrected chi connectivity index (χ2v) is 4.11. The van der Waals surface area contributed by atoms with Crippen molar-refractivity contribution in [2.75, 3.05) is 0 Å². The maximum absolute atomic E-state index is 11.8. The van der Waals surface area contributed by atoms with Crippen LogP contribution in [0.15, 0.2) is 15.1 Å². The molecule has 0 atom stereocenters. The number of pyridine rings is 1. The average Bonchev–Trinajstić information content (AvgIpc) is 1.97. The molecule has 1 rings (SSSR count). The van der Waals surface area contributed by atoms with Gasteiger partial charge in [0.25, 0.3) is 0 Å². The summed E-state index contributed by atoms with van der Waals surface area (Å²) in [7, 11) is 0. The van der Waals surface area contributed by atoms with Crippen molar-refractivity contribution in [3.63, 3.8) is 0 Å². The average molecular weight is 355 g/mol. The van der Waals surface area contributed by atoms with Crippen LogP contribution >= 0.6 is 43.5 Å². The highest BCUT2D eigenvalue weighted by Gasteiger charge is 2.33. The zero-order chi connectivity index (χ0) is 10.9. The fourth-order valence-corrected chi connectivity index (χ4v) is 1.57. The zero-order valence-corrected chi connectivity index (χ0v) is 10.1. The summed E-state index contributed by atoms with van der Waals surface area (Å²) in [6.07, 6.45) is -4.78. The minimum absolute atomic E-state index is 0.0306. The molecule has 0 aliphatic carbocycles. The Labute approximate surface area is 98.7 Å². The number of hydrogen-bond acceptors (Lipinski definition) is 2. The van der Waals surface area contributed by atoms with Crippen LogP contribution in [-0.4, -0.2) is 11.3 Å². The lowest BCUT2D eigenvalue weighted by atomic mass is 10.5. The SMILES string of the molecule is FC(F)(F)Oc1nc(Br)c(Cl)cc1Br. The third kappa shape index (κ3) is 3.29. The van der Waals surface area contributed by atoms with Crippen molar-refractivity contribution >= 4 is 43.5 Å². The third-order valence-electron chi connectivity index (χ3n) is 1.07. The Morgan fingerprint density at radius 1 is 1.36 bits per heavy atom. The lowest BCUT2D eigenvalue weighted by Gasteiger charge is -2.09. The van der Waals surface area contributed by atoms with Crippen LogP contribution in [0.25, 0.3) is 0 Å². The Hall–Kier alpha value is -0.0100. The van der Waals surface area contributed by atoms with E-state index in [1.165, 1.54) is 6.07 Å². The van der Waals surface area contributed by atoms with Gasteiger partial charge in [0.05, 0.1) is 9.50 Å². The van der Waals surface area contributed by atoms with Gasteiger partial charge >= 0.3 is 6.36 Å². The monoisotopic (exact) mass is 353 g/mol. The Morgan fingerprint density at radius 3 is 2.43 bits per heavy atom. The first kappa shape index (κ1) is 12.1. The van der Waals surface area contributed by atoms with Crippen LogP contribution in [0, 0.1) is 0 Å². The van der Waals surface area contributed by atoms with Gasteiger partial charge < -0.3 is 4.74 Å². The Bertz CT molecular complexity index is 358. The van der Waals surface area contributed by atoms with E-state index in [-0.39, 0.29) is 14.1 Å². The van der Waals surface area contributed by atoms with E-state index in [0.29, 0.717) is 0 Å². The van der Waals surface area contributed by atoms with Gasteiger partial charge in [-0.25, -0.2) is 4.98 Å². The molecular weight excluding hydrogens is 354 g/mol. The van der Waals surface area contributed by atoms with Crippen LogP contribution < -0.4 is 4.74 Å². The summed E-state index contributed by atoms with van der Waals surface area (Å²) >= 11 is 11.3. The quantitative estimate of drug-likeness (QED) is 0.706. The molecule has 0 aliphatic rings. The van der Waals surface area contributed by atoms with Gasteiger partial charge in [0.15, 0.2) is 0 Å². The van der Waals surface area contributed by atoms with Crippen LogP contribution in [0.1, 0.15) is 0 Å². The van der Waals surface area contributed by atoms with Crippen LogP contribution in [-0.2, 0) is 0 Å². The van der Waals surface area contributed by atoms with Crippen molar-refractivity contribution in [1.82, 2.24) is 4.98 Å². The van der Waals surface area contributed by atoms with Crippen molar-refractivity contribution in [3.8, 4) is 5.88 Å². The second kappa shape index (κ2) is 4.24. The predicted octanol–water partition coefficient (Wildman–Crippen LogP) is 4.16. The number of nitrogens with zero attached hydrogens (tertiary/aromatic N) is 1. The molecule has 8 heteroatoms. The summed E-state index contributed by atoms with van der Waals surface area (Å²) in [5.41, 5.74) is 0. The molecule has 0 saturated carbocycles. The summed E-state index contributed by atoms with van der Waals surface area (Å²) in [4.78, 5) is 3.45. The summed E-state index contributed by atoms with van der Waals surface area (Å²) in [5, 5.41) is 0.186. The molecule has 0 radical (unpaired) electrons. The molecule has 0 saturated heterocycles. The number of rotatable bonds is 1.